The number of halogens is 4. The fourth-order valence-electron chi connectivity index (χ4n) is 1.97. The van der Waals surface area contributed by atoms with Gasteiger partial charge in [0.2, 0.25) is 0 Å². The summed E-state index contributed by atoms with van der Waals surface area (Å²) in [6.07, 6.45) is -3.72. The zero-order chi connectivity index (χ0) is 15.9. The van der Waals surface area contributed by atoms with Crippen LogP contribution in [0.5, 0.6) is 0 Å². The lowest BCUT2D eigenvalue weighted by Crippen LogP contribution is -2.29. The van der Waals surface area contributed by atoms with Crippen molar-refractivity contribution in [1.29, 1.82) is 0 Å². The van der Waals surface area contributed by atoms with Gasteiger partial charge < -0.3 is 10.1 Å². The molecule has 1 rings (SSSR count). The maximum Gasteiger partial charge on any atom is 0.411 e. The maximum absolute atomic E-state index is 12.1. The van der Waals surface area contributed by atoms with Gasteiger partial charge in [-0.2, -0.15) is 13.2 Å². The number of hydrogen-bond donors (Lipinski definition) is 1. The highest BCUT2D eigenvalue weighted by Gasteiger charge is 2.27. The Kier molecular flexibility index (Phi) is 7.70. The molecule has 0 saturated carbocycles. The first-order chi connectivity index (χ1) is 9.79. The lowest BCUT2D eigenvalue weighted by Gasteiger charge is -2.21. The van der Waals surface area contributed by atoms with Crippen molar-refractivity contribution in [2.75, 3.05) is 19.8 Å². The van der Waals surface area contributed by atoms with Crippen LogP contribution in [0.1, 0.15) is 31.7 Å². The fourth-order valence-corrected chi connectivity index (χ4v) is 2.57. The molecule has 1 aromatic rings. The standard InChI is InChI=1S/C15H21BrF3NO/c1-11(2)20-9-12(7-8-21-10-15(17,18)19)13-5-3-4-6-14(13)16/h3-6,11-12,20H,7-10H2,1-2H3. The molecule has 1 aromatic carbocycles. The highest BCUT2D eigenvalue weighted by atomic mass is 79.9. The van der Waals surface area contributed by atoms with E-state index in [-0.39, 0.29) is 12.5 Å². The van der Waals surface area contributed by atoms with E-state index < -0.39 is 12.8 Å². The third kappa shape index (κ3) is 7.83. The summed E-state index contributed by atoms with van der Waals surface area (Å²) in [7, 11) is 0. The molecule has 21 heavy (non-hydrogen) atoms. The van der Waals surface area contributed by atoms with E-state index in [1.807, 2.05) is 38.1 Å². The number of rotatable bonds is 8. The third-order valence-electron chi connectivity index (χ3n) is 2.99. The molecule has 0 heterocycles. The number of benzene rings is 1. The van der Waals surface area contributed by atoms with Crippen LogP contribution in [0, 0.1) is 0 Å². The molecule has 0 spiro atoms. The van der Waals surface area contributed by atoms with Crippen LogP contribution in [-0.2, 0) is 4.74 Å². The summed E-state index contributed by atoms with van der Waals surface area (Å²) in [5.74, 6) is 0.108. The lowest BCUT2D eigenvalue weighted by atomic mass is 9.95. The summed E-state index contributed by atoms with van der Waals surface area (Å²) in [6, 6.07) is 8.10. The van der Waals surface area contributed by atoms with Gasteiger partial charge >= 0.3 is 6.18 Å². The lowest BCUT2D eigenvalue weighted by molar-refractivity contribution is -0.174. The molecule has 1 N–H and O–H groups in total. The van der Waals surface area contributed by atoms with Crippen molar-refractivity contribution in [3.05, 3.63) is 34.3 Å². The Balaban J connectivity index is 2.59. The predicted molar refractivity (Wildman–Crippen MR) is 81.5 cm³/mol. The number of alkyl halides is 3. The summed E-state index contributed by atoms with van der Waals surface area (Å²) in [5, 5.41) is 3.33. The van der Waals surface area contributed by atoms with Crippen LogP contribution < -0.4 is 5.32 Å². The third-order valence-corrected chi connectivity index (χ3v) is 3.72. The quantitative estimate of drug-likeness (QED) is 0.683. The molecule has 6 heteroatoms. The van der Waals surface area contributed by atoms with Crippen LogP contribution >= 0.6 is 15.9 Å². The number of ether oxygens (including phenoxy) is 1. The predicted octanol–water partition coefficient (Wildman–Crippen LogP) is 4.50. The number of nitrogens with one attached hydrogen (secondary N) is 1. The second kappa shape index (κ2) is 8.76. The Morgan fingerprint density at radius 2 is 1.90 bits per heavy atom. The van der Waals surface area contributed by atoms with Gasteiger partial charge in [-0.15, -0.1) is 0 Å². The Bertz CT molecular complexity index is 424. The molecule has 0 bridgehead atoms. The highest BCUT2D eigenvalue weighted by molar-refractivity contribution is 9.10. The molecule has 0 amide bonds. The van der Waals surface area contributed by atoms with Crippen LogP contribution in [0.4, 0.5) is 13.2 Å². The Labute approximate surface area is 132 Å². The van der Waals surface area contributed by atoms with Gasteiger partial charge in [-0.05, 0) is 24.0 Å². The molecule has 1 unspecified atom stereocenters. The largest absolute Gasteiger partial charge is 0.411 e. The van der Waals surface area contributed by atoms with Gasteiger partial charge in [0.05, 0.1) is 0 Å². The van der Waals surface area contributed by atoms with Gasteiger partial charge in [0, 0.05) is 23.7 Å². The van der Waals surface area contributed by atoms with Gasteiger partial charge in [0.25, 0.3) is 0 Å². The molecule has 0 aliphatic rings. The Morgan fingerprint density at radius 3 is 2.48 bits per heavy atom. The zero-order valence-electron chi connectivity index (χ0n) is 12.2. The first kappa shape index (κ1) is 18.5. The first-order valence-electron chi connectivity index (χ1n) is 6.92. The van der Waals surface area contributed by atoms with Crippen molar-refractivity contribution in [3.8, 4) is 0 Å². The van der Waals surface area contributed by atoms with Crippen LogP contribution in [0.25, 0.3) is 0 Å². The van der Waals surface area contributed by atoms with Crippen LogP contribution in [0.3, 0.4) is 0 Å². The number of hydrogen-bond acceptors (Lipinski definition) is 2. The molecule has 2 nitrogen and oxygen atoms in total. The van der Waals surface area contributed by atoms with E-state index in [1.165, 1.54) is 0 Å². The maximum atomic E-state index is 12.1. The van der Waals surface area contributed by atoms with Gasteiger partial charge in [0.15, 0.2) is 0 Å². The van der Waals surface area contributed by atoms with E-state index in [9.17, 15) is 13.2 Å². The van der Waals surface area contributed by atoms with Crippen molar-refractivity contribution < 1.29 is 17.9 Å². The minimum absolute atomic E-state index is 0.0886. The molecular weight excluding hydrogens is 347 g/mol. The topological polar surface area (TPSA) is 21.3 Å². The molecule has 0 aliphatic carbocycles. The molecule has 0 aromatic heterocycles. The minimum atomic E-state index is -4.26. The van der Waals surface area contributed by atoms with E-state index in [1.54, 1.807) is 0 Å². The minimum Gasteiger partial charge on any atom is -0.372 e. The summed E-state index contributed by atoms with van der Waals surface area (Å²) in [6.45, 7) is 3.68. The monoisotopic (exact) mass is 367 g/mol. The second-order valence-electron chi connectivity index (χ2n) is 5.24. The van der Waals surface area contributed by atoms with E-state index in [0.29, 0.717) is 19.0 Å². The Hall–Kier alpha value is -0.590. The van der Waals surface area contributed by atoms with Crippen molar-refractivity contribution in [3.63, 3.8) is 0 Å². The molecule has 0 aliphatic heterocycles. The summed E-state index contributed by atoms with van der Waals surface area (Å²) >= 11 is 3.50. The van der Waals surface area contributed by atoms with Crippen LogP contribution in [-0.4, -0.2) is 32.0 Å². The second-order valence-corrected chi connectivity index (χ2v) is 6.09. The normalized spacial score (nSPS) is 13.7. The van der Waals surface area contributed by atoms with Crippen LogP contribution in [0.15, 0.2) is 28.7 Å². The van der Waals surface area contributed by atoms with Crippen molar-refractivity contribution >= 4 is 15.9 Å². The van der Waals surface area contributed by atoms with Crippen molar-refractivity contribution in [2.24, 2.45) is 0 Å². The van der Waals surface area contributed by atoms with Gasteiger partial charge in [-0.25, -0.2) is 0 Å². The SMILES string of the molecule is CC(C)NCC(CCOCC(F)(F)F)c1ccccc1Br. The summed E-state index contributed by atoms with van der Waals surface area (Å²) in [4.78, 5) is 0. The summed E-state index contributed by atoms with van der Waals surface area (Å²) < 4.78 is 41.9. The average molecular weight is 368 g/mol. The Morgan fingerprint density at radius 1 is 1.24 bits per heavy atom. The molecule has 0 radical (unpaired) electrons. The smallest absolute Gasteiger partial charge is 0.372 e. The summed E-state index contributed by atoms with van der Waals surface area (Å²) in [5.41, 5.74) is 1.08. The van der Waals surface area contributed by atoms with Gasteiger partial charge in [0.1, 0.15) is 6.61 Å². The van der Waals surface area contributed by atoms with Crippen LogP contribution in [0.2, 0.25) is 0 Å². The van der Waals surface area contributed by atoms with E-state index in [0.717, 1.165) is 10.0 Å². The molecule has 0 saturated heterocycles. The van der Waals surface area contributed by atoms with Crippen molar-refractivity contribution in [2.45, 2.75) is 38.4 Å². The first-order valence-corrected chi connectivity index (χ1v) is 7.71. The molecule has 120 valence electrons. The highest BCUT2D eigenvalue weighted by Crippen LogP contribution is 2.27. The van der Waals surface area contributed by atoms with Gasteiger partial charge in [-0.3, -0.25) is 0 Å². The molecular formula is C15H21BrF3NO. The van der Waals surface area contributed by atoms with E-state index >= 15 is 0 Å². The van der Waals surface area contributed by atoms with E-state index in [2.05, 4.69) is 21.2 Å². The molecule has 0 fully saturated rings. The average Bonchev–Trinajstić information content (AvgIpc) is 2.37. The molecule has 1 atom stereocenters. The zero-order valence-corrected chi connectivity index (χ0v) is 13.8. The van der Waals surface area contributed by atoms with Gasteiger partial charge in [-0.1, -0.05) is 48.0 Å². The van der Waals surface area contributed by atoms with Crippen molar-refractivity contribution in [1.82, 2.24) is 5.32 Å². The van der Waals surface area contributed by atoms with E-state index in [4.69, 9.17) is 4.74 Å². The fraction of sp³-hybridized carbons (Fsp3) is 0.600.